The predicted octanol–water partition coefficient (Wildman–Crippen LogP) is 2.77. The fraction of sp³-hybridized carbons (Fsp3) is 0.529. The lowest BCUT2D eigenvalue weighted by Gasteiger charge is -2.30. The number of hydrogen-bond acceptors (Lipinski definition) is 5. The standard InChI is InChI=1S/C17H22ClNO5/c1-11-5-4-6-19(9-11)15(20)10-24-17(21)12-7-13(18)16(23-3)14(8-12)22-2/h7-8,11H,4-6,9-10H2,1-3H3/t11-/m0/s1. The number of carbonyl (C=O) groups is 2. The number of likely N-dealkylation sites (tertiary alicyclic amines) is 1. The smallest absolute Gasteiger partial charge is 0.338 e. The van der Waals surface area contributed by atoms with Gasteiger partial charge < -0.3 is 19.1 Å². The topological polar surface area (TPSA) is 65.1 Å². The zero-order valence-electron chi connectivity index (χ0n) is 14.1. The first-order valence-corrected chi connectivity index (χ1v) is 8.20. The third-order valence-corrected chi connectivity index (χ3v) is 4.29. The second-order valence-electron chi connectivity index (χ2n) is 5.86. The number of rotatable bonds is 5. The van der Waals surface area contributed by atoms with Crippen LogP contribution in [0.4, 0.5) is 0 Å². The van der Waals surface area contributed by atoms with Crippen molar-refractivity contribution in [2.45, 2.75) is 19.8 Å². The lowest BCUT2D eigenvalue weighted by molar-refractivity contribution is -0.136. The number of piperidine rings is 1. The number of halogens is 1. The van der Waals surface area contributed by atoms with Crippen LogP contribution in [0.5, 0.6) is 11.5 Å². The average molecular weight is 356 g/mol. The number of hydrogen-bond donors (Lipinski definition) is 0. The van der Waals surface area contributed by atoms with E-state index in [1.807, 2.05) is 0 Å². The van der Waals surface area contributed by atoms with Crippen molar-refractivity contribution in [2.24, 2.45) is 5.92 Å². The SMILES string of the molecule is COc1cc(C(=O)OCC(=O)N2CCC[C@H](C)C2)cc(Cl)c1OC. The highest BCUT2D eigenvalue weighted by atomic mass is 35.5. The molecule has 1 aromatic rings. The molecule has 0 unspecified atom stereocenters. The Balaban J connectivity index is 1.99. The van der Waals surface area contributed by atoms with Crippen LogP contribution in [-0.4, -0.2) is 50.7 Å². The molecule has 0 aromatic heterocycles. The maximum atomic E-state index is 12.2. The highest BCUT2D eigenvalue weighted by Gasteiger charge is 2.23. The zero-order chi connectivity index (χ0) is 17.7. The van der Waals surface area contributed by atoms with E-state index in [1.165, 1.54) is 26.4 Å². The predicted molar refractivity (Wildman–Crippen MR) is 89.8 cm³/mol. The van der Waals surface area contributed by atoms with E-state index in [9.17, 15) is 9.59 Å². The van der Waals surface area contributed by atoms with Crippen molar-refractivity contribution in [1.29, 1.82) is 0 Å². The summed E-state index contributed by atoms with van der Waals surface area (Å²) in [5.41, 5.74) is 0.206. The van der Waals surface area contributed by atoms with Crippen LogP contribution in [0.3, 0.4) is 0 Å². The molecule has 6 nitrogen and oxygen atoms in total. The molecule has 1 amide bonds. The molecule has 132 valence electrons. The molecule has 1 fully saturated rings. The van der Waals surface area contributed by atoms with Gasteiger partial charge in [0.2, 0.25) is 0 Å². The number of ether oxygens (including phenoxy) is 3. The highest BCUT2D eigenvalue weighted by Crippen LogP contribution is 2.36. The van der Waals surface area contributed by atoms with Crippen LogP contribution in [0.25, 0.3) is 0 Å². The van der Waals surface area contributed by atoms with Gasteiger partial charge in [-0.05, 0) is 30.9 Å². The Kier molecular flexibility index (Phi) is 6.31. The van der Waals surface area contributed by atoms with E-state index in [-0.39, 0.29) is 23.1 Å². The van der Waals surface area contributed by atoms with Crippen LogP contribution >= 0.6 is 11.6 Å². The molecule has 2 rings (SSSR count). The Labute approximate surface area is 146 Å². The van der Waals surface area contributed by atoms with Crippen molar-refractivity contribution in [2.75, 3.05) is 33.9 Å². The minimum Gasteiger partial charge on any atom is -0.493 e. The van der Waals surface area contributed by atoms with Gasteiger partial charge in [-0.25, -0.2) is 4.79 Å². The normalized spacial score (nSPS) is 17.3. The summed E-state index contributed by atoms with van der Waals surface area (Å²) in [6.45, 7) is 3.25. The Bertz CT molecular complexity index is 619. The van der Waals surface area contributed by atoms with Gasteiger partial charge in [0.25, 0.3) is 5.91 Å². The second kappa shape index (κ2) is 8.24. The van der Waals surface area contributed by atoms with Crippen LogP contribution in [0.2, 0.25) is 5.02 Å². The molecule has 1 heterocycles. The van der Waals surface area contributed by atoms with E-state index in [0.717, 1.165) is 12.8 Å². The first kappa shape index (κ1) is 18.4. The minimum absolute atomic E-state index is 0.179. The largest absolute Gasteiger partial charge is 0.493 e. The van der Waals surface area contributed by atoms with Crippen molar-refractivity contribution in [3.63, 3.8) is 0 Å². The lowest BCUT2D eigenvalue weighted by Crippen LogP contribution is -2.41. The molecule has 0 N–H and O–H groups in total. The fourth-order valence-corrected chi connectivity index (χ4v) is 3.04. The number of nitrogens with zero attached hydrogens (tertiary/aromatic N) is 1. The van der Waals surface area contributed by atoms with Gasteiger partial charge in [0.05, 0.1) is 24.8 Å². The van der Waals surface area contributed by atoms with Crippen LogP contribution in [0.1, 0.15) is 30.1 Å². The third kappa shape index (κ3) is 4.32. The van der Waals surface area contributed by atoms with E-state index >= 15 is 0 Å². The van der Waals surface area contributed by atoms with Gasteiger partial charge in [-0.3, -0.25) is 4.79 Å². The van der Waals surface area contributed by atoms with Crippen LogP contribution < -0.4 is 9.47 Å². The van der Waals surface area contributed by atoms with Gasteiger partial charge >= 0.3 is 5.97 Å². The molecule has 1 saturated heterocycles. The van der Waals surface area contributed by atoms with E-state index in [1.54, 1.807) is 4.90 Å². The number of amides is 1. The number of methoxy groups -OCH3 is 2. The Morgan fingerprint density at radius 2 is 2.04 bits per heavy atom. The van der Waals surface area contributed by atoms with Crippen LogP contribution in [0, 0.1) is 5.92 Å². The molecule has 1 aromatic carbocycles. The van der Waals surface area contributed by atoms with E-state index < -0.39 is 5.97 Å². The lowest BCUT2D eigenvalue weighted by atomic mass is 10.0. The molecule has 0 saturated carbocycles. The quantitative estimate of drug-likeness (QED) is 0.760. The first-order valence-electron chi connectivity index (χ1n) is 7.82. The molecule has 1 aliphatic rings. The summed E-state index contributed by atoms with van der Waals surface area (Å²) in [5.74, 6) is 0.336. The van der Waals surface area contributed by atoms with Crippen molar-refractivity contribution in [1.82, 2.24) is 4.90 Å². The molecule has 0 aliphatic carbocycles. The zero-order valence-corrected chi connectivity index (χ0v) is 14.9. The Morgan fingerprint density at radius 1 is 1.29 bits per heavy atom. The molecule has 0 radical (unpaired) electrons. The molecule has 1 aliphatic heterocycles. The molecule has 0 spiro atoms. The van der Waals surface area contributed by atoms with E-state index in [2.05, 4.69) is 6.92 Å². The minimum atomic E-state index is -0.628. The highest BCUT2D eigenvalue weighted by molar-refractivity contribution is 6.32. The third-order valence-electron chi connectivity index (χ3n) is 4.01. The molecular formula is C17H22ClNO5. The maximum Gasteiger partial charge on any atom is 0.338 e. The Hall–Kier alpha value is -1.95. The molecule has 24 heavy (non-hydrogen) atoms. The first-order chi connectivity index (χ1) is 11.5. The monoisotopic (exact) mass is 355 g/mol. The molecule has 7 heteroatoms. The van der Waals surface area contributed by atoms with Crippen LogP contribution in [-0.2, 0) is 9.53 Å². The summed E-state index contributed by atoms with van der Waals surface area (Å²) < 4.78 is 15.4. The summed E-state index contributed by atoms with van der Waals surface area (Å²) >= 11 is 6.07. The average Bonchev–Trinajstić information content (AvgIpc) is 2.58. The number of carbonyl (C=O) groups excluding carboxylic acids is 2. The summed E-state index contributed by atoms with van der Waals surface area (Å²) in [7, 11) is 2.91. The van der Waals surface area contributed by atoms with Crippen molar-refractivity contribution in [3.05, 3.63) is 22.7 Å². The second-order valence-corrected chi connectivity index (χ2v) is 6.26. The number of benzene rings is 1. The summed E-state index contributed by atoms with van der Waals surface area (Å²) in [6.07, 6.45) is 2.10. The van der Waals surface area contributed by atoms with Gasteiger partial charge in [0.1, 0.15) is 0 Å². The molecule has 1 atom stereocenters. The maximum absolute atomic E-state index is 12.2. The van der Waals surface area contributed by atoms with Crippen molar-refractivity contribution >= 4 is 23.5 Å². The van der Waals surface area contributed by atoms with Gasteiger partial charge in [0, 0.05) is 13.1 Å². The van der Waals surface area contributed by atoms with Gasteiger partial charge in [-0.1, -0.05) is 18.5 Å². The van der Waals surface area contributed by atoms with E-state index in [4.69, 9.17) is 25.8 Å². The van der Waals surface area contributed by atoms with Gasteiger partial charge in [-0.2, -0.15) is 0 Å². The molecule has 0 bridgehead atoms. The van der Waals surface area contributed by atoms with Crippen molar-refractivity contribution in [3.8, 4) is 11.5 Å². The summed E-state index contributed by atoms with van der Waals surface area (Å²) in [6, 6.07) is 2.90. The number of esters is 1. The van der Waals surface area contributed by atoms with Crippen molar-refractivity contribution < 1.29 is 23.8 Å². The van der Waals surface area contributed by atoms with Gasteiger partial charge in [0.15, 0.2) is 18.1 Å². The summed E-state index contributed by atoms with van der Waals surface area (Å²) in [4.78, 5) is 26.1. The van der Waals surface area contributed by atoms with Crippen LogP contribution in [0.15, 0.2) is 12.1 Å². The molecular weight excluding hydrogens is 334 g/mol. The fourth-order valence-electron chi connectivity index (χ4n) is 2.75. The van der Waals surface area contributed by atoms with Gasteiger partial charge in [-0.15, -0.1) is 0 Å². The summed E-state index contributed by atoms with van der Waals surface area (Å²) in [5, 5.41) is 0.236. The van der Waals surface area contributed by atoms with E-state index in [0.29, 0.717) is 30.5 Å². The Morgan fingerprint density at radius 3 is 2.67 bits per heavy atom.